The topological polar surface area (TPSA) is 54.4 Å². The maximum atomic E-state index is 10.7. The molecular weight excluding hydrogens is 396 g/mol. The average molecular weight is 401 g/mol. The molecule has 0 amide bonds. The van der Waals surface area contributed by atoms with Gasteiger partial charge in [0.05, 0.1) is 15.1 Å². The molecule has 0 aromatic heterocycles. The van der Waals surface area contributed by atoms with Gasteiger partial charge in [0.15, 0.2) is 0 Å². The molecule has 0 bridgehead atoms. The molecule has 8 heteroatoms. The second-order valence-corrected chi connectivity index (χ2v) is 4.78. The molecule has 14 heavy (non-hydrogen) atoms. The molecule has 0 unspecified atom stereocenters. The Bertz CT molecular complexity index is 455. The van der Waals surface area contributed by atoms with Gasteiger partial charge in [0.1, 0.15) is 4.90 Å². The van der Waals surface area contributed by atoms with E-state index in [1.54, 1.807) is 0 Å². The maximum absolute atomic E-state index is 10.7. The second-order valence-electron chi connectivity index (χ2n) is 2.17. The van der Waals surface area contributed by atoms with Crippen LogP contribution in [0.15, 0.2) is 17.0 Å². The first-order valence-corrected chi connectivity index (χ1v) is 5.52. The Balaban J connectivity index is -0.000000563. The van der Waals surface area contributed by atoms with Crippen molar-refractivity contribution in [2.24, 2.45) is 0 Å². The van der Waals surface area contributed by atoms with E-state index in [9.17, 15) is 8.42 Å². The van der Waals surface area contributed by atoms with E-state index in [4.69, 9.17) is 39.4 Å². The van der Waals surface area contributed by atoms with E-state index in [2.05, 4.69) is 0 Å². The Kier molecular flexibility index (Phi) is 6.41. The molecule has 0 fully saturated rings. The van der Waals surface area contributed by atoms with Crippen LogP contribution in [0.2, 0.25) is 15.1 Å². The van der Waals surface area contributed by atoms with E-state index in [1.165, 1.54) is 0 Å². The van der Waals surface area contributed by atoms with E-state index in [1.807, 2.05) is 0 Å². The fourth-order valence-electron chi connectivity index (χ4n) is 0.702. The zero-order valence-electron chi connectivity index (χ0n) is 8.67. The summed E-state index contributed by atoms with van der Waals surface area (Å²) < 4.78 is 30.0. The summed E-state index contributed by atoms with van der Waals surface area (Å²) in [5.41, 5.74) is 0. The van der Waals surface area contributed by atoms with Crippen molar-refractivity contribution >= 4 is 93.8 Å². The van der Waals surface area contributed by atoms with E-state index in [0.29, 0.717) is 0 Å². The minimum Gasteiger partial charge on any atom is -1.00 e. The summed E-state index contributed by atoms with van der Waals surface area (Å²) in [5, 5.41) is -0.0327. The van der Waals surface area contributed by atoms with Crippen LogP contribution in [-0.4, -0.2) is 61.9 Å². The third-order valence-corrected chi connectivity index (χ3v) is 3.29. The molecule has 0 saturated heterocycles. The van der Waals surface area contributed by atoms with Crippen LogP contribution in [-0.2, 0) is 10.1 Å². The molecule has 0 aliphatic carbocycles. The molecule has 1 aromatic rings. The zero-order chi connectivity index (χ0) is 10.2. The standard InChI is InChI=1S/C6H3Cl3O3S.Ba.2H/c7-3-1-5(9)6(2-4(3)8)13(10,11)12;;;/h1-2H,(H,10,11,12);;;/q;+2;2*-1. The average Bonchev–Trinajstić information content (AvgIpc) is 1.94. The molecule has 1 rings (SSSR count). The van der Waals surface area contributed by atoms with Crippen LogP contribution in [0.1, 0.15) is 2.85 Å². The van der Waals surface area contributed by atoms with Gasteiger partial charge in [-0.1, -0.05) is 34.8 Å². The normalized spacial score (nSPS) is 10.9. The molecule has 1 N–H and O–H groups in total. The van der Waals surface area contributed by atoms with Crippen molar-refractivity contribution < 1.29 is 15.8 Å². The quantitative estimate of drug-likeness (QED) is 0.448. The third-order valence-electron chi connectivity index (χ3n) is 1.25. The fraction of sp³-hybridized carbons (Fsp3) is 0. The molecular formula is C6H5BaCl3O3S. The van der Waals surface area contributed by atoms with Gasteiger partial charge in [0, 0.05) is 0 Å². The second kappa shape index (κ2) is 5.77. The van der Waals surface area contributed by atoms with Gasteiger partial charge >= 0.3 is 48.9 Å². The van der Waals surface area contributed by atoms with Crippen LogP contribution in [0.3, 0.4) is 0 Å². The van der Waals surface area contributed by atoms with Crippen molar-refractivity contribution in [2.75, 3.05) is 0 Å². The molecule has 76 valence electrons. The number of rotatable bonds is 1. The molecule has 3 nitrogen and oxygen atoms in total. The maximum Gasteiger partial charge on any atom is 2.00 e. The molecule has 0 heterocycles. The van der Waals surface area contributed by atoms with Gasteiger partial charge in [-0.05, 0) is 12.1 Å². The van der Waals surface area contributed by atoms with Crippen LogP contribution in [0, 0.1) is 0 Å². The minimum absolute atomic E-state index is 0. The van der Waals surface area contributed by atoms with Crippen molar-refractivity contribution in [1.29, 1.82) is 0 Å². The fourth-order valence-corrected chi connectivity index (χ4v) is 2.18. The van der Waals surface area contributed by atoms with Gasteiger partial charge in [-0.3, -0.25) is 4.55 Å². The summed E-state index contributed by atoms with van der Waals surface area (Å²) in [4.78, 5) is -0.455. The molecule has 0 aliphatic heterocycles. The van der Waals surface area contributed by atoms with E-state index < -0.39 is 15.0 Å². The number of hydrogen-bond acceptors (Lipinski definition) is 2. The van der Waals surface area contributed by atoms with E-state index >= 15 is 0 Å². The van der Waals surface area contributed by atoms with Crippen molar-refractivity contribution in [1.82, 2.24) is 0 Å². The molecule has 0 atom stereocenters. The summed E-state index contributed by atoms with van der Waals surface area (Å²) in [7, 11) is -4.35. The Morgan fingerprint density at radius 2 is 1.50 bits per heavy atom. The predicted octanol–water partition coefficient (Wildman–Crippen LogP) is 2.74. The van der Waals surface area contributed by atoms with Crippen LogP contribution in [0.25, 0.3) is 0 Å². The van der Waals surface area contributed by atoms with Crippen molar-refractivity contribution in [3.05, 3.63) is 27.2 Å². The SMILES string of the molecule is O=S(=O)(O)c1cc(Cl)c(Cl)cc1Cl.[Ba+2].[H-].[H-]. The smallest absolute Gasteiger partial charge is 1.00 e. The van der Waals surface area contributed by atoms with Gasteiger partial charge in [-0.15, -0.1) is 0 Å². The Hall–Kier alpha value is 1.57. The third kappa shape index (κ3) is 3.86. The molecule has 0 spiro atoms. The van der Waals surface area contributed by atoms with Gasteiger partial charge in [-0.2, -0.15) is 8.42 Å². The predicted molar refractivity (Wildman–Crippen MR) is 59.3 cm³/mol. The number of halogens is 3. The largest absolute Gasteiger partial charge is 2.00 e. The van der Waals surface area contributed by atoms with Crippen LogP contribution < -0.4 is 0 Å². The first kappa shape index (κ1) is 15.6. The Morgan fingerprint density at radius 3 is 1.93 bits per heavy atom. The summed E-state index contributed by atoms with van der Waals surface area (Å²) in [6.07, 6.45) is 0. The summed E-state index contributed by atoms with van der Waals surface area (Å²) in [5.74, 6) is 0. The van der Waals surface area contributed by atoms with E-state index in [0.717, 1.165) is 12.1 Å². The molecule has 1 aromatic carbocycles. The molecule has 0 saturated carbocycles. The molecule has 0 radical (unpaired) electrons. The van der Waals surface area contributed by atoms with Crippen LogP contribution >= 0.6 is 34.8 Å². The van der Waals surface area contributed by atoms with Crippen molar-refractivity contribution in [3.8, 4) is 0 Å². The summed E-state index contributed by atoms with van der Waals surface area (Å²) in [6, 6.07) is 2.14. The van der Waals surface area contributed by atoms with Crippen molar-refractivity contribution in [2.45, 2.75) is 4.90 Å². The van der Waals surface area contributed by atoms with Gasteiger partial charge in [-0.25, -0.2) is 0 Å². The number of benzene rings is 1. The van der Waals surface area contributed by atoms with Crippen molar-refractivity contribution in [3.63, 3.8) is 0 Å². The zero-order valence-corrected chi connectivity index (χ0v) is 14.2. The van der Waals surface area contributed by atoms with Gasteiger partial charge in [0.25, 0.3) is 10.1 Å². The molecule has 0 aliphatic rings. The van der Waals surface area contributed by atoms with Gasteiger partial charge < -0.3 is 2.85 Å². The Labute approximate surface area is 140 Å². The van der Waals surface area contributed by atoms with Crippen LogP contribution in [0.4, 0.5) is 0 Å². The van der Waals surface area contributed by atoms with Gasteiger partial charge in [0.2, 0.25) is 0 Å². The Morgan fingerprint density at radius 1 is 1.07 bits per heavy atom. The van der Waals surface area contributed by atoms with Crippen LogP contribution in [0.5, 0.6) is 0 Å². The summed E-state index contributed by atoms with van der Waals surface area (Å²) >= 11 is 16.6. The first-order chi connectivity index (χ1) is 5.82. The number of hydrogen-bond donors (Lipinski definition) is 1. The first-order valence-electron chi connectivity index (χ1n) is 2.94. The summed E-state index contributed by atoms with van der Waals surface area (Å²) in [6.45, 7) is 0. The minimum atomic E-state index is -4.35. The monoisotopic (exact) mass is 400 g/mol. The van der Waals surface area contributed by atoms with E-state index in [-0.39, 0.29) is 66.8 Å².